The van der Waals surface area contributed by atoms with E-state index in [0.717, 1.165) is 17.4 Å². The highest BCUT2D eigenvalue weighted by Gasteiger charge is 2.41. The zero-order chi connectivity index (χ0) is 11.1. The van der Waals surface area contributed by atoms with Crippen LogP contribution >= 0.6 is 0 Å². The second-order valence-corrected chi connectivity index (χ2v) is 5.51. The van der Waals surface area contributed by atoms with Gasteiger partial charge in [-0.05, 0) is 12.8 Å². The van der Waals surface area contributed by atoms with Crippen LogP contribution in [-0.4, -0.2) is 42.7 Å². The summed E-state index contributed by atoms with van der Waals surface area (Å²) in [6, 6.07) is 0. The molecule has 3 saturated heterocycles. The van der Waals surface area contributed by atoms with Crippen molar-refractivity contribution < 1.29 is 9.28 Å². The monoisotopic (exact) mass is 209 g/mol. The molecule has 3 aliphatic heterocycles. The number of hydrogen-bond acceptors (Lipinski definition) is 2. The highest BCUT2D eigenvalue weighted by molar-refractivity contribution is 6.38. The Balaban J connectivity index is 2.15. The van der Waals surface area contributed by atoms with Crippen LogP contribution in [0.25, 0.3) is 0 Å². The van der Waals surface area contributed by atoms with Crippen molar-refractivity contribution >= 4 is 11.5 Å². The van der Waals surface area contributed by atoms with Crippen LogP contribution in [-0.2, 0) is 4.79 Å². The standard InChI is InChI=1S/C12H21N2O/c1-9(13)12(15)11-5-8-14(2)6-3-10(11)4-7-14/h10-11,13H,3-8H2,1-2H3/q+1. The molecule has 3 nitrogen and oxygen atoms in total. The summed E-state index contributed by atoms with van der Waals surface area (Å²) in [5.74, 6) is 0.826. The number of fused-ring (bicyclic) bond motifs is 4. The first-order chi connectivity index (χ1) is 7.02. The molecule has 0 amide bonds. The van der Waals surface area contributed by atoms with Gasteiger partial charge in [0.05, 0.1) is 32.4 Å². The third kappa shape index (κ3) is 1.98. The first-order valence-electron chi connectivity index (χ1n) is 5.95. The van der Waals surface area contributed by atoms with E-state index in [2.05, 4.69) is 7.05 Å². The molecular formula is C12H21N2O+. The molecule has 0 aromatic rings. The molecule has 3 heterocycles. The summed E-state index contributed by atoms with van der Waals surface area (Å²) in [6.45, 7) is 5.22. The summed E-state index contributed by atoms with van der Waals surface area (Å²) in [5.41, 5.74) is 0.253. The van der Waals surface area contributed by atoms with Crippen LogP contribution in [0.5, 0.6) is 0 Å². The Morgan fingerprint density at radius 1 is 1.20 bits per heavy atom. The van der Waals surface area contributed by atoms with E-state index in [0.29, 0.717) is 5.92 Å². The minimum Gasteiger partial charge on any atom is -0.326 e. The van der Waals surface area contributed by atoms with E-state index < -0.39 is 0 Å². The molecular weight excluding hydrogens is 188 g/mol. The molecule has 1 atom stereocenters. The number of carbonyl (C=O) groups is 1. The van der Waals surface area contributed by atoms with Gasteiger partial charge in [0.15, 0.2) is 5.78 Å². The first-order valence-corrected chi connectivity index (χ1v) is 5.95. The number of Topliss-reactive ketones (excluding diaryl/α,β-unsaturated/α-hetero) is 1. The van der Waals surface area contributed by atoms with E-state index in [1.165, 1.54) is 25.9 Å². The number of quaternary nitrogens is 1. The van der Waals surface area contributed by atoms with E-state index in [1.807, 2.05) is 0 Å². The lowest BCUT2D eigenvalue weighted by molar-refractivity contribution is -0.912. The number of hydrogen-bond donors (Lipinski definition) is 1. The van der Waals surface area contributed by atoms with Crippen LogP contribution in [0.4, 0.5) is 0 Å². The normalized spacial score (nSPS) is 39.9. The Morgan fingerprint density at radius 2 is 1.73 bits per heavy atom. The van der Waals surface area contributed by atoms with Crippen LogP contribution in [0.3, 0.4) is 0 Å². The minimum absolute atomic E-state index is 0.107. The van der Waals surface area contributed by atoms with Gasteiger partial charge in [-0.2, -0.15) is 0 Å². The molecule has 3 rings (SSSR count). The lowest BCUT2D eigenvalue weighted by Crippen LogP contribution is -2.47. The fraction of sp³-hybridized carbons (Fsp3) is 0.833. The molecule has 3 fully saturated rings. The average Bonchev–Trinajstić information content (AvgIpc) is 2.45. The van der Waals surface area contributed by atoms with E-state index in [-0.39, 0.29) is 17.4 Å². The summed E-state index contributed by atoms with van der Waals surface area (Å²) in [6.07, 6.45) is 3.36. The number of nitrogens with zero attached hydrogens (tertiary/aromatic N) is 1. The van der Waals surface area contributed by atoms with Crippen molar-refractivity contribution in [2.45, 2.75) is 26.2 Å². The van der Waals surface area contributed by atoms with Crippen LogP contribution < -0.4 is 0 Å². The van der Waals surface area contributed by atoms with Crippen molar-refractivity contribution in [1.82, 2.24) is 0 Å². The lowest BCUT2D eigenvalue weighted by atomic mass is 9.81. The summed E-state index contributed by atoms with van der Waals surface area (Å²) < 4.78 is 1.15. The van der Waals surface area contributed by atoms with E-state index >= 15 is 0 Å². The molecule has 0 spiro atoms. The second-order valence-electron chi connectivity index (χ2n) is 5.51. The van der Waals surface area contributed by atoms with E-state index in [1.54, 1.807) is 6.92 Å². The van der Waals surface area contributed by atoms with Gasteiger partial charge >= 0.3 is 0 Å². The highest BCUT2D eigenvalue weighted by atomic mass is 16.1. The third-order valence-corrected chi connectivity index (χ3v) is 4.33. The number of piperidine rings is 1. The molecule has 0 radical (unpaired) electrons. The maximum atomic E-state index is 11.9. The Labute approximate surface area is 91.6 Å². The molecule has 0 aromatic heterocycles. The number of nitrogens with one attached hydrogen (secondary N) is 1. The zero-order valence-electron chi connectivity index (χ0n) is 9.75. The average molecular weight is 209 g/mol. The molecule has 1 N–H and O–H groups in total. The summed E-state index contributed by atoms with van der Waals surface area (Å²) in [5, 5.41) is 7.48. The van der Waals surface area contributed by atoms with Crippen molar-refractivity contribution in [3.63, 3.8) is 0 Å². The Hall–Kier alpha value is -0.700. The minimum atomic E-state index is 0.107. The predicted octanol–water partition coefficient (Wildman–Crippen LogP) is 1.47. The van der Waals surface area contributed by atoms with Gasteiger partial charge < -0.3 is 9.89 Å². The third-order valence-electron chi connectivity index (χ3n) is 4.33. The van der Waals surface area contributed by atoms with Crippen LogP contribution in [0.1, 0.15) is 26.2 Å². The second kappa shape index (κ2) is 3.71. The predicted molar refractivity (Wildman–Crippen MR) is 60.0 cm³/mol. The maximum Gasteiger partial charge on any atom is 0.179 e. The Morgan fingerprint density at radius 3 is 2.27 bits per heavy atom. The SMILES string of the molecule is CC(=N)C(=O)C1CC[N+]2(C)CCC1CC2. The van der Waals surface area contributed by atoms with Crippen molar-refractivity contribution in [2.24, 2.45) is 11.8 Å². The molecule has 3 aliphatic rings. The number of rotatable bonds is 2. The molecule has 0 saturated carbocycles. The molecule has 15 heavy (non-hydrogen) atoms. The van der Waals surface area contributed by atoms with Gasteiger partial charge in [0.2, 0.25) is 0 Å². The molecule has 3 heteroatoms. The van der Waals surface area contributed by atoms with Crippen LogP contribution in [0.2, 0.25) is 0 Å². The van der Waals surface area contributed by atoms with Crippen molar-refractivity contribution in [1.29, 1.82) is 5.41 Å². The van der Waals surface area contributed by atoms with Gasteiger partial charge in [-0.15, -0.1) is 0 Å². The van der Waals surface area contributed by atoms with E-state index in [9.17, 15) is 4.79 Å². The van der Waals surface area contributed by atoms with E-state index in [4.69, 9.17) is 5.41 Å². The Bertz CT molecular complexity index is 290. The number of ketones is 1. The lowest BCUT2D eigenvalue weighted by Gasteiger charge is -2.37. The van der Waals surface area contributed by atoms with Gasteiger partial charge in [0, 0.05) is 25.2 Å². The molecule has 0 aliphatic carbocycles. The molecule has 2 bridgehead atoms. The van der Waals surface area contributed by atoms with Gasteiger partial charge in [0.25, 0.3) is 0 Å². The van der Waals surface area contributed by atoms with Gasteiger partial charge in [-0.1, -0.05) is 0 Å². The van der Waals surface area contributed by atoms with Crippen molar-refractivity contribution in [3.05, 3.63) is 0 Å². The Kier molecular flexibility index (Phi) is 2.67. The van der Waals surface area contributed by atoms with Crippen molar-refractivity contribution in [2.75, 3.05) is 26.7 Å². The fourth-order valence-electron chi connectivity index (χ4n) is 3.15. The quantitative estimate of drug-likeness (QED) is 0.543. The summed E-state index contributed by atoms with van der Waals surface area (Å²) in [4.78, 5) is 11.9. The van der Waals surface area contributed by atoms with Gasteiger partial charge in [-0.25, -0.2) is 0 Å². The van der Waals surface area contributed by atoms with Gasteiger partial charge in [-0.3, -0.25) is 4.79 Å². The summed E-state index contributed by atoms with van der Waals surface area (Å²) in [7, 11) is 2.31. The summed E-state index contributed by atoms with van der Waals surface area (Å²) >= 11 is 0. The highest BCUT2D eigenvalue weighted by Crippen LogP contribution is 2.35. The van der Waals surface area contributed by atoms with Crippen molar-refractivity contribution in [3.8, 4) is 0 Å². The fourth-order valence-corrected chi connectivity index (χ4v) is 3.15. The van der Waals surface area contributed by atoms with Gasteiger partial charge in [0.1, 0.15) is 0 Å². The topological polar surface area (TPSA) is 40.9 Å². The largest absolute Gasteiger partial charge is 0.326 e. The molecule has 84 valence electrons. The van der Waals surface area contributed by atoms with Crippen LogP contribution in [0.15, 0.2) is 0 Å². The first kappa shape index (κ1) is 10.8. The molecule has 1 unspecified atom stereocenters. The van der Waals surface area contributed by atoms with Crippen LogP contribution in [0, 0.1) is 17.2 Å². The zero-order valence-corrected chi connectivity index (χ0v) is 9.75. The smallest absolute Gasteiger partial charge is 0.179 e. The molecule has 0 aromatic carbocycles. The maximum absolute atomic E-state index is 11.9. The number of carbonyl (C=O) groups excluding carboxylic acids is 1.